The SMILES string of the molecule is COC(=O)CC[C@@H](C(=O)OC)C(=O)OCO. The molecular weight excluding hydrogens is 220 g/mol. The van der Waals surface area contributed by atoms with Gasteiger partial charge in [0.15, 0.2) is 12.7 Å². The first-order valence-corrected chi connectivity index (χ1v) is 4.49. The van der Waals surface area contributed by atoms with Crippen molar-refractivity contribution in [1.29, 1.82) is 0 Å². The molecule has 0 aromatic heterocycles. The van der Waals surface area contributed by atoms with Crippen molar-refractivity contribution in [3.63, 3.8) is 0 Å². The number of carbonyl (C=O) groups excluding carboxylic acids is 3. The van der Waals surface area contributed by atoms with Crippen LogP contribution in [0.1, 0.15) is 12.8 Å². The molecule has 0 heterocycles. The van der Waals surface area contributed by atoms with E-state index in [2.05, 4.69) is 14.2 Å². The number of hydrogen-bond acceptors (Lipinski definition) is 7. The third-order valence-corrected chi connectivity index (χ3v) is 1.84. The summed E-state index contributed by atoms with van der Waals surface area (Å²) in [6, 6.07) is 0. The fourth-order valence-corrected chi connectivity index (χ4v) is 1.00. The Morgan fingerprint density at radius 1 is 1.12 bits per heavy atom. The van der Waals surface area contributed by atoms with E-state index in [0.29, 0.717) is 0 Å². The number of aliphatic hydroxyl groups excluding tert-OH is 1. The maximum Gasteiger partial charge on any atom is 0.322 e. The minimum Gasteiger partial charge on any atom is -0.469 e. The Morgan fingerprint density at radius 3 is 2.19 bits per heavy atom. The molecule has 0 saturated carbocycles. The fraction of sp³-hybridized carbons (Fsp3) is 0.667. The average molecular weight is 234 g/mol. The van der Waals surface area contributed by atoms with Gasteiger partial charge in [0, 0.05) is 6.42 Å². The molecule has 0 aromatic carbocycles. The highest BCUT2D eigenvalue weighted by atomic mass is 16.6. The van der Waals surface area contributed by atoms with Crippen molar-refractivity contribution in [3.8, 4) is 0 Å². The zero-order valence-corrected chi connectivity index (χ0v) is 9.10. The van der Waals surface area contributed by atoms with Crippen LogP contribution in [0.5, 0.6) is 0 Å². The minimum atomic E-state index is -1.23. The van der Waals surface area contributed by atoms with E-state index in [0.717, 1.165) is 7.11 Å². The number of ether oxygens (including phenoxy) is 3. The fourth-order valence-electron chi connectivity index (χ4n) is 1.00. The zero-order valence-electron chi connectivity index (χ0n) is 9.10. The smallest absolute Gasteiger partial charge is 0.322 e. The van der Waals surface area contributed by atoms with Crippen molar-refractivity contribution >= 4 is 17.9 Å². The normalized spacial score (nSPS) is 11.4. The molecule has 0 aliphatic heterocycles. The van der Waals surface area contributed by atoms with Gasteiger partial charge in [-0.2, -0.15) is 0 Å². The van der Waals surface area contributed by atoms with Gasteiger partial charge in [-0.1, -0.05) is 0 Å². The van der Waals surface area contributed by atoms with E-state index in [1.165, 1.54) is 7.11 Å². The Bertz CT molecular complexity index is 261. The Kier molecular flexibility index (Phi) is 6.86. The number of rotatable bonds is 6. The second-order valence-corrected chi connectivity index (χ2v) is 2.78. The predicted octanol–water partition coefficient (Wildman–Crippen LogP) is -0.778. The van der Waals surface area contributed by atoms with Crippen molar-refractivity contribution in [3.05, 3.63) is 0 Å². The van der Waals surface area contributed by atoms with Gasteiger partial charge in [-0.15, -0.1) is 0 Å². The molecule has 0 bridgehead atoms. The summed E-state index contributed by atoms with van der Waals surface area (Å²) in [5.41, 5.74) is 0. The number of carbonyl (C=O) groups is 3. The van der Waals surface area contributed by atoms with Crippen LogP contribution in [0.15, 0.2) is 0 Å². The summed E-state index contributed by atoms with van der Waals surface area (Å²) < 4.78 is 13.0. The van der Waals surface area contributed by atoms with E-state index in [1.54, 1.807) is 0 Å². The molecule has 7 heteroatoms. The van der Waals surface area contributed by atoms with Crippen LogP contribution in [0.25, 0.3) is 0 Å². The van der Waals surface area contributed by atoms with E-state index in [4.69, 9.17) is 5.11 Å². The van der Waals surface area contributed by atoms with Crippen molar-refractivity contribution in [2.24, 2.45) is 5.92 Å². The maximum atomic E-state index is 11.2. The first-order valence-electron chi connectivity index (χ1n) is 4.49. The molecule has 7 nitrogen and oxygen atoms in total. The highest BCUT2D eigenvalue weighted by Gasteiger charge is 2.29. The molecule has 1 N–H and O–H groups in total. The molecule has 92 valence electrons. The summed E-state index contributed by atoms with van der Waals surface area (Å²) in [6.07, 6.45) is -0.199. The molecule has 0 aromatic rings. The van der Waals surface area contributed by atoms with Crippen LogP contribution in [-0.2, 0) is 28.6 Å². The van der Waals surface area contributed by atoms with E-state index in [1.807, 2.05) is 0 Å². The Hall–Kier alpha value is -1.63. The standard InChI is InChI=1S/C9H14O7/c1-14-7(11)4-3-6(8(12)15-2)9(13)16-5-10/h6,10H,3-5H2,1-2H3/t6-/m0/s1. The lowest BCUT2D eigenvalue weighted by molar-refractivity contribution is -0.166. The molecule has 16 heavy (non-hydrogen) atoms. The lowest BCUT2D eigenvalue weighted by Crippen LogP contribution is -2.28. The molecular formula is C9H14O7. The predicted molar refractivity (Wildman–Crippen MR) is 49.9 cm³/mol. The zero-order chi connectivity index (χ0) is 12.6. The van der Waals surface area contributed by atoms with Crippen LogP contribution in [0.4, 0.5) is 0 Å². The summed E-state index contributed by atoms with van der Waals surface area (Å²) in [5, 5.41) is 8.38. The lowest BCUT2D eigenvalue weighted by atomic mass is 10.0. The average Bonchev–Trinajstić information content (AvgIpc) is 2.28. The summed E-state index contributed by atoms with van der Waals surface area (Å²) in [6.45, 7) is -0.829. The second-order valence-electron chi connectivity index (χ2n) is 2.78. The largest absolute Gasteiger partial charge is 0.469 e. The van der Waals surface area contributed by atoms with Crippen LogP contribution < -0.4 is 0 Å². The second kappa shape index (κ2) is 7.63. The van der Waals surface area contributed by atoms with E-state index < -0.39 is 30.6 Å². The van der Waals surface area contributed by atoms with Crippen molar-refractivity contribution in [1.82, 2.24) is 0 Å². The monoisotopic (exact) mass is 234 g/mol. The van der Waals surface area contributed by atoms with Gasteiger partial charge in [-0.05, 0) is 6.42 Å². The molecule has 0 rings (SSSR count). The highest BCUT2D eigenvalue weighted by Crippen LogP contribution is 2.11. The van der Waals surface area contributed by atoms with Gasteiger partial charge in [-0.25, -0.2) is 0 Å². The molecule has 0 saturated heterocycles. The highest BCUT2D eigenvalue weighted by molar-refractivity contribution is 5.95. The molecule has 0 radical (unpaired) electrons. The topological polar surface area (TPSA) is 99.1 Å². The van der Waals surface area contributed by atoms with Crippen LogP contribution in [0, 0.1) is 5.92 Å². The first-order chi connectivity index (χ1) is 7.56. The van der Waals surface area contributed by atoms with E-state index in [-0.39, 0.29) is 12.8 Å². The summed E-state index contributed by atoms with van der Waals surface area (Å²) in [4.78, 5) is 33.2. The van der Waals surface area contributed by atoms with Gasteiger partial charge < -0.3 is 19.3 Å². The van der Waals surface area contributed by atoms with Crippen molar-refractivity contribution < 1.29 is 33.7 Å². The molecule has 0 fully saturated rings. The van der Waals surface area contributed by atoms with Crippen molar-refractivity contribution in [2.45, 2.75) is 12.8 Å². The van der Waals surface area contributed by atoms with Crippen molar-refractivity contribution in [2.75, 3.05) is 21.0 Å². The Morgan fingerprint density at radius 2 is 1.75 bits per heavy atom. The van der Waals surface area contributed by atoms with Gasteiger partial charge >= 0.3 is 17.9 Å². The van der Waals surface area contributed by atoms with Gasteiger partial charge in [0.25, 0.3) is 0 Å². The van der Waals surface area contributed by atoms with Crippen LogP contribution in [0.2, 0.25) is 0 Å². The molecule has 0 aliphatic rings. The van der Waals surface area contributed by atoms with Gasteiger partial charge in [0.2, 0.25) is 0 Å². The minimum absolute atomic E-state index is 0.0851. The third kappa shape index (κ3) is 4.74. The first kappa shape index (κ1) is 14.4. The Balaban J connectivity index is 4.37. The lowest BCUT2D eigenvalue weighted by Gasteiger charge is -2.11. The molecule has 0 unspecified atom stereocenters. The van der Waals surface area contributed by atoms with Gasteiger partial charge in [0.05, 0.1) is 14.2 Å². The van der Waals surface area contributed by atoms with Crippen LogP contribution >= 0.6 is 0 Å². The molecule has 0 amide bonds. The maximum absolute atomic E-state index is 11.2. The number of aliphatic hydroxyl groups is 1. The Labute approximate surface area is 92.3 Å². The van der Waals surface area contributed by atoms with Crippen LogP contribution in [0.3, 0.4) is 0 Å². The third-order valence-electron chi connectivity index (χ3n) is 1.84. The molecule has 0 spiro atoms. The summed E-state index contributed by atoms with van der Waals surface area (Å²) in [5.74, 6) is -3.53. The molecule has 0 aliphatic carbocycles. The number of esters is 3. The summed E-state index contributed by atoms with van der Waals surface area (Å²) >= 11 is 0. The summed E-state index contributed by atoms with van der Waals surface area (Å²) in [7, 11) is 2.31. The number of hydrogen-bond donors (Lipinski definition) is 1. The molecule has 1 atom stereocenters. The van der Waals surface area contributed by atoms with E-state index >= 15 is 0 Å². The van der Waals surface area contributed by atoms with E-state index in [9.17, 15) is 14.4 Å². The quantitative estimate of drug-likeness (QED) is 0.278. The van der Waals surface area contributed by atoms with Crippen LogP contribution in [-0.4, -0.2) is 44.0 Å². The van der Waals surface area contributed by atoms with Gasteiger partial charge in [-0.3, -0.25) is 14.4 Å². The number of methoxy groups -OCH3 is 2. The van der Waals surface area contributed by atoms with Gasteiger partial charge in [0.1, 0.15) is 0 Å².